The molecule has 0 aromatic heterocycles. The van der Waals surface area contributed by atoms with E-state index in [2.05, 4.69) is 17.4 Å². The normalized spacial score (nSPS) is 25.4. The molecule has 1 aromatic rings. The van der Waals surface area contributed by atoms with E-state index in [-0.39, 0.29) is 12.5 Å². The average Bonchev–Trinajstić information content (AvgIpc) is 2.39. The fraction of sp³-hybridized carbons (Fsp3) is 0.500. The topological polar surface area (TPSA) is 52.9 Å². The van der Waals surface area contributed by atoms with E-state index in [0.717, 1.165) is 6.42 Å². The Labute approximate surface area is 94.8 Å². The maximum atomic E-state index is 10.5. The zero-order valence-electron chi connectivity index (χ0n) is 9.12. The van der Waals surface area contributed by atoms with Gasteiger partial charge in [0.15, 0.2) is 0 Å². The first kappa shape index (κ1) is 11.1. The molecule has 0 unspecified atom stereocenters. The SMILES string of the molecule is O=NN1CC[C@@H](c2ccccc2)[C@H](CO)C1. The summed E-state index contributed by atoms with van der Waals surface area (Å²) in [5, 5.41) is 13.8. The molecule has 1 fully saturated rings. The summed E-state index contributed by atoms with van der Waals surface area (Å²) in [5.41, 5.74) is 1.24. The number of piperidine rings is 1. The minimum Gasteiger partial charge on any atom is -0.396 e. The van der Waals surface area contributed by atoms with Crippen LogP contribution < -0.4 is 0 Å². The van der Waals surface area contributed by atoms with E-state index in [1.807, 2.05) is 18.2 Å². The van der Waals surface area contributed by atoms with Gasteiger partial charge in [-0.25, -0.2) is 0 Å². The van der Waals surface area contributed by atoms with Crippen LogP contribution in [-0.4, -0.2) is 29.8 Å². The van der Waals surface area contributed by atoms with Crippen LogP contribution in [0.15, 0.2) is 35.6 Å². The highest BCUT2D eigenvalue weighted by Gasteiger charge is 2.29. The van der Waals surface area contributed by atoms with Gasteiger partial charge in [-0.1, -0.05) is 30.3 Å². The molecule has 2 atom stereocenters. The van der Waals surface area contributed by atoms with E-state index in [1.165, 1.54) is 10.6 Å². The van der Waals surface area contributed by atoms with Crippen molar-refractivity contribution in [3.63, 3.8) is 0 Å². The summed E-state index contributed by atoms with van der Waals surface area (Å²) in [6.07, 6.45) is 0.876. The molecule has 4 heteroatoms. The van der Waals surface area contributed by atoms with Gasteiger partial charge in [0.1, 0.15) is 0 Å². The highest BCUT2D eigenvalue weighted by Crippen LogP contribution is 2.32. The van der Waals surface area contributed by atoms with Crippen molar-refractivity contribution < 1.29 is 5.11 Å². The van der Waals surface area contributed by atoms with Crippen molar-refractivity contribution in [3.05, 3.63) is 40.8 Å². The zero-order chi connectivity index (χ0) is 11.4. The summed E-state index contributed by atoms with van der Waals surface area (Å²) in [7, 11) is 0. The molecule has 1 heterocycles. The second-order valence-electron chi connectivity index (χ2n) is 4.24. The minimum atomic E-state index is 0.103. The Morgan fingerprint density at radius 3 is 2.75 bits per heavy atom. The van der Waals surface area contributed by atoms with Crippen LogP contribution in [0.25, 0.3) is 0 Å². The molecule has 0 amide bonds. The number of nitrogens with zero attached hydrogens (tertiary/aromatic N) is 2. The van der Waals surface area contributed by atoms with Crippen LogP contribution >= 0.6 is 0 Å². The Morgan fingerprint density at radius 2 is 2.12 bits per heavy atom. The lowest BCUT2D eigenvalue weighted by Gasteiger charge is -2.34. The Morgan fingerprint density at radius 1 is 1.38 bits per heavy atom. The Hall–Kier alpha value is -1.42. The van der Waals surface area contributed by atoms with Gasteiger partial charge in [0.05, 0.1) is 5.29 Å². The first-order valence-corrected chi connectivity index (χ1v) is 5.59. The van der Waals surface area contributed by atoms with Crippen molar-refractivity contribution >= 4 is 0 Å². The molecule has 16 heavy (non-hydrogen) atoms. The monoisotopic (exact) mass is 220 g/mol. The number of hydrogen-bond acceptors (Lipinski definition) is 3. The molecule has 1 N–H and O–H groups in total. The van der Waals surface area contributed by atoms with E-state index < -0.39 is 0 Å². The van der Waals surface area contributed by atoms with Crippen molar-refractivity contribution in [2.45, 2.75) is 12.3 Å². The van der Waals surface area contributed by atoms with Crippen LogP contribution in [0.4, 0.5) is 0 Å². The van der Waals surface area contributed by atoms with Gasteiger partial charge in [-0.15, -0.1) is 4.91 Å². The molecule has 1 saturated heterocycles. The highest BCUT2D eigenvalue weighted by atomic mass is 16.3. The molecule has 2 rings (SSSR count). The summed E-state index contributed by atoms with van der Waals surface area (Å²) in [5.74, 6) is 0.443. The van der Waals surface area contributed by atoms with Gasteiger partial charge in [0.25, 0.3) is 0 Å². The number of benzene rings is 1. The minimum absolute atomic E-state index is 0.103. The highest BCUT2D eigenvalue weighted by molar-refractivity contribution is 5.21. The fourth-order valence-electron chi connectivity index (χ4n) is 2.41. The van der Waals surface area contributed by atoms with Crippen molar-refractivity contribution in [2.24, 2.45) is 11.2 Å². The Kier molecular flexibility index (Phi) is 3.51. The lowest BCUT2D eigenvalue weighted by atomic mass is 9.81. The van der Waals surface area contributed by atoms with Crippen molar-refractivity contribution in [2.75, 3.05) is 19.7 Å². The second-order valence-corrected chi connectivity index (χ2v) is 4.24. The molecule has 0 spiro atoms. The zero-order valence-corrected chi connectivity index (χ0v) is 9.12. The second kappa shape index (κ2) is 5.07. The smallest absolute Gasteiger partial charge is 0.0524 e. The first-order valence-electron chi connectivity index (χ1n) is 5.59. The molecule has 0 radical (unpaired) electrons. The molecule has 0 bridgehead atoms. The summed E-state index contributed by atoms with van der Waals surface area (Å²) in [6.45, 7) is 1.34. The number of hydrogen-bond donors (Lipinski definition) is 1. The summed E-state index contributed by atoms with van der Waals surface area (Å²) in [6, 6.07) is 10.2. The maximum absolute atomic E-state index is 10.5. The molecule has 1 aliphatic rings. The van der Waals surface area contributed by atoms with Crippen LogP contribution in [0.2, 0.25) is 0 Å². The summed E-state index contributed by atoms with van der Waals surface area (Å²) >= 11 is 0. The average molecular weight is 220 g/mol. The molecule has 4 nitrogen and oxygen atoms in total. The number of aliphatic hydroxyl groups excluding tert-OH is 1. The third kappa shape index (κ3) is 2.22. The van der Waals surface area contributed by atoms with E-state index in [9.17, 15) is 10.0 Å². The van der Waals surface area contributed by atoms with Crippen molar-refractivity contribution in [1.82, 2.24) is 5.01 Å². The largest absolute Gasteiger partial charge is 0.396 e. The van der Waals surface area contributed by atoms with Crippen LogP contribution in [0.1, 0.15) is 17.9 Å². The predicted octanol–water partition coefficient (Wildman–Crippen LogP) is 1.77. The quantitative estimate of drug-likeness (QED) is 0.790. The van der Waals surface area contributed by atoms with Crippen LogP contribution in [0, 0.1) is 10.8 Å². The molecular weight excluding hydrogens is 204 g/mol. The van der Waals surface area contributed by atoms with Crippen molar-refractivity contribution in [1.29, 1.82) is 0 Å². The van der Waals surface area contributed by atoms with Gasteiger partial charge in [0.2, 0.25) is 0 Å². The first-order chi connectivity index (χ1) is 7.85. The Bertz CT molecular complexity index is 342. The van der Waals surface area contributed by atoms with E-state index >= 15 is 0 Å². The third-order valence-electron chi connectivity index (χ3n) is 3.29. The lowest BCUT2D eigenvalue weighted by Crippen LogP contribution is -2.37. The van der Waals surface area contributed by atoms with Gasteiger partial charge in [-0.3, -0.25) is 5.01 Å². The van der Waals surface area contributed by atoms with Crippen LogP contribution in [-0.2, 0) is 0 Å². The molecule has 0 aliphatic carbocycles. The van der Waals surface area contributed by atoms with E-state index in [4.69, 9.17) is 0 Å². The lowest BCUT2D eigenvalue weighted by molar-refractivity contribution is 0.103. The van der Waals surface area contributed by atoms with Crippen molar-refractivity contribution in [3.8, 4) is 0 Å². The maximum Gasteiger partial charge on any atom is 0.0524 e. The van der Waals surface area contributed by atoms with Gasteiger partial charge >= 0.3 is 0 Å². The molecule has 86 valence electrons. The number of nitroso groups, excluding NO2 is 1. The molecule has 1 aliphatic heterocycles. The van der Waals surface area contributed by atoms with Crippen LogP contribution in [0.3, 0.4) is 0 Å². The van der Waals surface area contributed by atoms with Gasteiger partial charge < -0.3 is 5.11 Å². The third-order valence-corrected chi connectivity index (χ3v) is 3.29. The summed E-state index contributed by atoms with van der Waals surface area (Å²) < 4.78 is 0. The Balaban J connectivity index is 2.13. The van der Waals surface area contributed by atoms with Gasteiger partial charge in [-0.2, -0.15) is 0 Å². The van der Waals surface area contributed by atoms with E-state index in [1.54, 1.807) is 0 Å². The molecular formula is C12H16N2O2. The molecule has 1 aromatic carbocycles. The predicted molar refractivity (Wildman–Crippen MR) is 61.7 cm³/mol. The number of rotatable bonds is 3. The fourth-order valence-corrected chi connectivity index (χ4v) is 2.41. The summed E-state index contributed by atoms with van der Waals surface area (Å²) in [4.78, 5) is 10.5. The molecule has 0 saturated carbocycles. The van der Waals surface area contributed by atoms with Gasteiger partial charge in [0, 0.05) is 25.6 Å². The van der Waals surface area contributed by atoms with E-state index in [0.29, 0.717) is 19.0 Å². The van der Waals surface area contributed by atoms with Crippen LogP contribution in [0.5, 0.6) is 0 Å². The number of aliphatic hydroxyl groups is 1. The van der Waals surface area contributed by atoms with Gasteiger partial charge in [-0.05, 0) is 17.9 Å². The standard InChI is InChI=1S/C12H16N2O2/c15-9-11-8-14(13-16)7-6-12(11)10-4-2-1-3-5-10/h1-5,11-12,15H,6-9H2/t11-,12-/m0/s1.